The minimum absolute atomic E-state index is 0.261. The van der Waals surface area contributed by atoms with Gasteiger partial charge in [-0.3, -0.25) is 0 Å². The second kappa shape index (κ2) is 7.38. The first-order valence-corrected chi connectivity index (χ1v) is 6.71. The molecule has 0 unspecified atom stereocenters. The summed E-state index contributed by atoms with van der Waals surface area (Å²) in [5.41, 5.74) is 1.46. The van der Waals surface area contributed by atoms with E-state index in [4.69, 9.17) is 16.3 Å². The lowest BCUT2D eigenvalue weighted by molar-refractivity contribution is 0.199. The molecule has 1 N–H and O–H groups in total. The van der Waals surface area contributed by atoms with Crippen molar-refractivity contribution in [2.75, 3.05) is 20.3 Å². The van der Waals surface area contributed by atoms with Gasteiger partial charge in [-0.1, -0.05) is 11.6 Å². The standard InChI is InChI=1S/C14H17ClFN3O/c1-20-5-4-17-7-13-9-19(10-18-13)8-11-6-12(15)2-3-14(11)16/h2-3,6,9-10,17H,4-5,7-8H2,1H3. The molecule has 1 aromatic carbocycles. The van der Waals surface area contributed by atoms with Crippen LogP contribution >= 0.6 is 11.6 Å². The number of methoxy groups -OCH3 is 1. The molecule has 0 aliphatic carbocycles. The SMILES string of the molecule is COCCNCc1cn(Cc2cc(Cl)ccc2F)cn1. The number of imidazole rings is 1. The molecule has 0 radical (unpaired) electrons. The molecule has 0 fully saturated rings. The van der Waals surface area contributed by atoms with Crippen LogP contribution < -0.4 is 5.32 Å². The summed E-state index contributed by atoms with van der Waals surface area (Å²) in [7, 11) is 1.66. The third-order valence-electron chi connectivity index (χ3n) is 2.84. The predicted molar refractivity (Wildman–Crippen MR) is 76.3 cm³/mol. The fourth-order valence-electron chi connectivity index (χ4n) is 1.84. The third kappa shape index (κ3) is 4.30. The summed E-state index contributed by atoms with van der Waals surface area (Å²) in [5, 5.41) is 3.73. The number of halogens is 2. The van der Waals surface area contributed by atoms with E-state index in [0.29, 0.717) is 30.3 Å². The number of nitrogens with one attached hydrogen (secondary N) is 1. The Hall–Kier alpha value is -1.43. The maximum absolute atomic E-state index is 13.6. The lowest BCUT2D eigenvalue weighted by atomic mass is 10.2. The summed E-state index contributed by atoms with van der Waals surface area (Å²) in [4.78, 5) is 4.27. The van der Waals surface area contributed by atoms with E-state index in [9.17, 15) is 4.39 Å². The molecule has 0 saturated heterocycles. The molecule has 0 aliphatic rings. The zero-order valence-corrected chi connectivity index (χ0v) is 12.0. The lowest BCUT2D eigenvalue weighted by Crippen LogP contribution is -2.18. The highest BCUT2D eigenvalue weighted by Gasteiger charge is 2.05. The molecule has 0 atom stereocenters. The number of aromatic nitrogens is 2. The van der Waals surface area contributed by atoms with E-state index < -0.39 is 0 Å². The molecule has 108 valence electrons. The van der Waals surface area contributed by atoms with Gasteiger partial charge >= 0.3 is 0 Å². The average Bonchev–Trinajstić information content (AvgIpc) is 2.87. The van der Waals surface area contributed by atoms with Crippen molar-refractivity contribution in [2.45, 2.75) is 13.1 Å². The molecule has 1 aromatic heterocycles. The Labute approximate surface area is 122 Å². The van der Waals surface area contributed by atoms with Gasteiger partial charge in [-0.05, 0) is 18.2 Å². The Morgan fingerprint density at radius 3 is 3.10 bits per heavy atom. The van der Waals surface area contributed by atoms with Gasteiger partial charge in [0.25, 0.3) is 0 Å². The van der Waals surface area contributed by atoms with Crippen molar-refractivity contribution in [3.05, 3.63) is 52.8 Å². The first-order chi connectivity index (χ1) is 9.69. The molecule has 0 bridgehead atoms. The van der Waals surface area contributed by atoms with Crippen molar-refractivity contribution in [3.63, 3.8) is 0 Å². The van der Waals surface area contributed by atoms with Crippen LogP contribution in [-0.4, -0.2) is 29.8 Å². The first-order valence-electron chi connectivity index (χ1n) is 6.33. The van der Waals surface area contributed by atoms with Gasteiger partial charge in [0.1, 0.15) is 5.82 Å². The van der Waals surface area contributed by atoms with E-state index in [1.165, 1.54) is 6.07 Å². The molecule has 0 saturated carbocycles. The van der Waals surface area contributed by atoms with Crippen LogP contribution in [0.15, 0.2) is 30.7 Å². The van der Waals surface area contributed by atoms with Crippen LogP contribution in [0.25, 0.3) is 0 Å². The van der Waals surface area contributed by atoms with Crippen LogP contribution in [-0.2, 0) is 17.8 Å². The second-order valence-electron chi connectivity index (χ2n) is 4.44. The highest BCUT2D eigenvalue weighted by Crippen LogP contribution is 2.16. The van der Waals surface area contributed by atoms with E-state index in [0.717, 1.165) is 12.2 Å². The van der Waals surface area contributed by atoms with Crippen molar-refractivity contribution >= 4 is 11.6 Å². The molecule has 6 heteroatoms. The van der Waals surface area contributed by atoms with E-state index in [2.05, 4.69) is 10.3 Å². The Balaban J connectivity index is 1.93. The minimum Gasteiger partial charge on any atom is -0.383 e. The second-order valence-corrected chi connectivity index (χ2v) is 4.88. The molecular weight excluding hydrogens is 281 g/mol. The molecule has 0 amide bonds. The maximum atomic E-state index is 13.6. The zero-order valence-electron chi connectivity index (χ0n) is 11.3. The van der Waals surface area contributed by atoms with Crippen LogP contribution in [0.5, 0.6) is 0 Å². The van der Waals surface area contributed by atoms with Crippen LogP contribution in [0.1, 0.15) is 11.3 Å². The minimum atomic E-state index is -0.261. The van der Waals surface area contributed by atoms with Crippen molar-refractivity contribution in [2.24, 2.45) is 0 Å². The van der Waals surface area contributed by atoms with E-state index in [-0.39, 0.29) is 5.82 Å². The molecule has 20 heavy (non-hydrogen) atoms. The van der Waals surface area contributed by atoms with Gasteiger partial charge in [-0.2, -0.15) is 0 Å². The molecule has 1 heterocycles. The smallest absolute Gasteiger partial charge is 0.128 e. The third-order valence-corrected chi connectivity index (χ3v) is 3.07. The number of rotatable bonds is 7. The fourth-order valence-corrected chi connectivity index (χ4v) is 2.03. The summed E-state index contributed by atoms with van der Waals surface area (Å²) in [6, 6.07) is 4.55. The van der Waals surface area contributed by atoms with Gasteiger partial charge < -0.3 is 14.6 Å². The topological polar surface area (TPSA) is 39.1 Å². The highest BCUT2D eigenvalue weighted by atomic mass is 35.5. The van der Waals surface area contributed by atoms with Crippen molar-refractivity contribution in [1.82, 2.24) is 14.9 Å². The summed E-state index contributed by atoms with van der Waals surface area (Å²) in [6.45, 7) is 2.51. The Morgan fingerprint density at radius 2 is 2.30 bits per heavy atom. The lowest BCUT2D eigenvalue weighted by Gasteiger charge is -2.04. The normalized spacial score (nSPS) is 10.9. The van der Waals surface area contributed by atoms with E-state index >= 15 is 0 Å². The van der Waals surface area contributed by atoms with Crippen LogP contribution in [0, 0.1) is 5.82 Å². The van der Waals surface area contributed by atoms with Crippen molar-refractivity contribution < 1.29 is 9.13 Å². The number of hydrogen-bond donors (Lipinski definition) is 1. The molecule has 2 aromatic rings. The van der Waals surface area contributed by atoms with Gasteiger partial charge in [-0.15, -0.1) is 0 Å². The Morgan fingerprint density at radius 1 is 1.45 bits per heavy atom. The van der Waals surface area contributed by atoms with Gasteiger partial charge in [-0.25, -0.2) is 9.37 Å². The predicted octanol–water partition coefficient (Wildman–Crippen LogP) is 2.46. The van der Waals surface area contributed by atoms with E-state index in [1.807, 2.05) is 10.8 Å². The molecule has 4 nitrogen and oxygen atoms in total. The van der Waals surface area contributed by atoms with Crippen LogP contribution in [0.4, 0.5) is 4.39 Å². The molecule has 0 spiro atoms. The van der Waals surface area contributed by atoms with Gasteiger partial charge in [0.05, 0.1) is 25.2 Å². The summed E-state index contributed by atoms with van der Waals surface area (Å²) >= 11 is 5.87. The number of ether oxygens (including phenoxy) is 1. The summed E-state index contributed by atoms with van der Waals surface area (Å²) in [5.74, 6) is -0.261. The first kappa shape index (κ1) is 15.0. The van der Waals surface area contributed by atoms with Gasteiger partial charge in [0, 0.05) is 37.0 Å². The zero-order chi connectivity index (χ0) is 14.4. The van der Waals surface area contributed by atoms with Crippen LogP contribution in [0.2, 0.25) is 5.02 Å². The quantitative estimate of drug-likeness (QED) is 0.798. The molecule has 2 rings (SSSR count). The molecule has 0 aliphatic heterocycles. The fraction of sp³-hybridized carbons (Fsp3) is 0.357. The molecular formula is C14H17ClFN3O. The largest absolute Gasteiger partial charge is 0.383 e. The Bertz CT molecular complexity index is 559. The average molecular weight is 298 g/mol. The number of hydrogen-bond acceptors (Lipinski definition) is 3. The van der Waals surface area contributed by atoms with Crippen LogP contribution in [0.3, 0.4) is 0 Å². The van der Waals surface area contributed by atoms with Gasteiger partial charge in [0.15, 0.2) is 0 Å². The highest BCUT2D eigenvalue weighted by molar-refractivity contribution is 6.30. The van der Waals surface area contributed by atoms with Crippen molar-refractivity contribution in [1.29, 1.82) is 0 Å². The number of benzene rings is 1. The monoisotopic (exact) mass is 297 g/mol. The Kier molecular flexibility index (Phi) is 5.52. The van der Waals surface area contributed by atoms with Crippen molar-refractivity contribution in [3.8, 4) is 0 Å². The summed E-state index contributed by atoms with van der Waals surface area (Å²) < 4.78 is 20.4. The maximum Gasteiger partial charge on any atom is 0.128 e. The summed E-state index contributed by atoms with van der Waals surface area (Å²) in [6.07, 6.45) is 3.58. The number of nitrogens with zero attached hydrogens (tertiary/aromatic N) is 2. The van der Waals surface area contributed by atoms with Gasteiger partial charge in [0.2, 0.25) is 0 Å². The van der Waals surface area contributed by atoms with E-state index in [1.54, 1.807) is 25.6 Å².